The highest BCUT2D eigenvalue weighted by atomic mass is 16.5. The Morgan fingerprint density at radius 1 is 1.06 bits per heavy atom. The Labute approximate surface area is 101 Å². The van der Waals surface area contributed by atoms with Crippen LogP contribution in [0.25, 0.3) is 0 Å². The lowest BCUT2D eigenvalue weighted by Crippen LogP contribution is -2.26. The van der Waals surface area contributed by atoms with Crippen molar-refractivity contribution < 1.29 is 9.53 Å². The third-order valence-corrected chi connectivity index (χ3v) is 2.98. The van der Waals surface area contributed by atoms with Crippen LogP contribution in [0.5, 0.6) is 0 Å². The van der Waals surface area contributed by atoms with Crippen molar-refractivity contribution in [2.45, 2.75) is 77.7 Å². The molecule has 0 aliphatic rings. The first-order valence-electron chi connectivity index (χ1n) is 6.58. The third-order valence-electron chi connectivity index (χ3n) is 2.98. The molecule has 0 amide bonds. The number of unbranched alkanes of at least 4 members (excludes halogenated alkanes) is 5. The van der Waals surface area contributed by atoms with Gasteiger partial charge in [0.2, 0.25) is 0 Å². The molecule has 0 aromatic rings. The monoisotopic (exact) mass is 228 g/mol. The van der Waals surface area contributed by atoms with E-state index >= 15 is 0 Å². The number of carbonyl (C=O) groups excluding carboxylic acids is 1. The number of methoxy groups -OCH3 is 1. The highest BCUT2D eigenvalue weighted by Gasteiger charge is 2.20. The van der Waals surface area contributed by atoms with E-state index < -0.39 is 0 Å². The average Bonchev–Trinajstić information content (AvgIpc) is 2.22. The van der Waals surface area contributed by atoms with E-state index in [1.54, 1.807) is 7.11 Å². The lowest BCUT2D eigenvalue weighted by Gasteiger charge is -2.21. The second kappa shape index (κ2) is 8.74. The van der Waals surface area contributed by atoms with E-state index in [1.807, 2.05) is 13.8 Å². The molecule has 0 N–H and O–H groups in total. The summed E-state index contributed by atoms with van der Waals surface area (Å²) < 4.78 is 5.25. The predicted molar refractivity (Wildman–Crippen MR) is 68.7 cm³/mol. The van der Waals surface area contributed by atoms with Crippen molar-refractivity contribution in [3.63, 3.8) is 0 Å². The predicted octanol–water partition coefficient (Wildman–Crippen LogP) is 4.12. The molecule has 0 heterocycles. The van der Waals surface area contributed by atoms with Crippen LogP contribution in [0.2, 0.25) is 0 Å². The van der Waals surface area contributed by atoms with Gasteiger partial charge in [0.1, 0.15) is 5.78 Å². The van der Waals surface area contributed by atoms with Crippen molar-refractivity contribution in [3.05, 3.63) is 0 Å². The lowest BCUT2D eigenvalue weighted by molar-refractivity contribution is -0.124. The largest absolute Gasteiger partial charge is 0.378 e. The highest BCUT2D eigenvalue weighted by molar-refractivity contribution is 5.79. The van der Waals surface area contributed by atoms with Crippen LogP contribution in [0.4, 0.5) is 0 Å². The molecule has 0 spiro atoms. The topological polar surface area (TPSA) is 26.3 Å². The molecule has 96 valence electrons. The lowest BCUT2D eigenvalue weighted by atomic mass is 9.98. The maximum Gasteiger partial charge on any atom is 0.135 e. The molecule has 0 aliphatic carbocycles. The van der Waals surface area contributed by atoms with Crippen molar-refractivity contribution in [2.24, 2.45) is 0 Å². The van der Waals surface area contributed by atoms with Crippen LogP contribution in [-0.4, -0.2) is 18.5 Å². The summed E-state index contributed by atoms with van der Waals surface area (Å²) in [6.07, 6.45) is 8.69. The van der Waals surface area contributed by atoms with Gasteiger partial charge in [0.05, 0.1) is 5.60 Å². The van der Waals surface area contributed by atoms with Gasteiger partial charge in [-0.15, -0.1) is 0 Å². The molecule has 0 fully saturated rings. The molecule has 0 saturated heterocycles. The number of hydrogen-bond donors (Lipinski definition) is 0. The van der Waals surface area contributed by atoms with Gasteiger partial charge in [-0.2, -0.15) is 0 Å². The summed E-state index contributed by atoms with van der Waals surface area (Å²) in [5.41, 5.74) is -0.292. The average molecular weight is 228 g/mol. The molecule has 2 heteroatoms. The van der Waals surface area contributed by atoms with Gasteiger partial charge in [-0.3, -0.25) is 4.79 Å². The first-order chi connectivity index (χ1) is 7.52. The fraction of sp³-hybridized carbons (Fsp3) is 0.929. The molecule has 2 nitrogen and oxygen atoms in total. The van der Waals surface area contributed by atoms with E-state index in [0.717, 1.165) is 12.8 Å². The molecule has 0 saturated carbocycles. The van der Waals surface area contributed by atoms with E-state index in [0.29, 0.717) is 12.2 Å². The molecule has 0 radical (unpaired) electrons. The van der Waals surface area contributed by atoms with E-state index in [2.05, 4.69) is 6.92 Å². The van der Waals surface area contributed by atoms with Crippen molar-refractivity contribution in [2.75, 3.05) is 7.11 Å². The van der Waals surface area contributed by atoms with Gasteiger partial charge >= 0.3 is 0 Å². The van der Waals surface area contributed by atoms with E-state index in [1.165, 1.54) is 32.1 Å². The van der Waals surface area contributed by atoms with Crippen LogP contribution < -0.4 is 0 Å². The minimum atomic E-state index is -0.292. The van der Waals surface area contributed by atoms with Crippen molar-refractivity contribution in [1.82, 2.24) is 0 Å². The molecule has 0 aromatic heterocycles. The Morgan fingerprint density at radius 2 is 1.62 bits per heavy atom. The molecule has 16 heavy (non-hydrogen) atoms. The Kier molecular flexibility index (Phi) is 8.54. The first-order valence-corrected chi connectivity index (χ1v) is 6.58. The summed E-state index contributed by atoms with van der Waals surface area (Å²) in [4.78, 5) is 11.6. The summed E-state index contributed by atoms with van der Waals surface area (Å²) in [7, 11) is 1.66. The van der Waals surface area contributed by atoms with Crippen LogP contribution in [0.3, 0.4) is 0 Å². The number of Topliss-reactive ketones (excluding diaryl/α,β-unsaturated/α-hetero) is 1. The van der Waals surface area contributed by atoms with E-state index in [-0.39, 0.29) is 5.60 Å². The number of hydrogen-bond acceptors (Lipinski definition) is 2. The van der Waals surface area contributed by atoms with Crippen molar-refractivity contribution in [1.29, 1.82) is 0 Å². The van der Waals surface area contributed by atoms with Gasteiger partial charge in [0.15, 0.2) is 0 Å². The Balaban J connectivity index is 3.44. The smallest absolute Gasteiger partial charge is 0.135 e. The van der Waals surface area contributed by atoms with Crippen LogP contribution >= 0.6 is 0 Å². The molecular formula is C14H28O2. The standard InChI is InChI=1S/C14H28O2/c1-5-6-7-8-9-10-11-13(15)12-14(2,3)16-4/h5-12H2,1-4H3. The zero-order chi connectivity index (χ0) is 12.4. The molecule has 0 aliphatic heterocycles. The van der Waals surface area contributed by atoms with Gasteiger partial charge in [-0.1, -0.05) is 39.0 Å². The van der Waals surface area contributed by atoms with Gasteiger partial charge in [-0.05, 0) is 20.3 Å². The molecular weight excluding hydrogens is 200 g/mol. The molecule has 0 aromatic carbocycles. The summed E-state index contributed by atoms with van der Waals surface area (Å²) >= 11 is 0. The van der Waals surface area contributed by atoms with E-state index in [9.17, 15) is 4.79 Å². The number of rotatable bonds is 10. The van der Waals surface area contributed by atoms with Gasteiger partial charge in [-0.25, -0.2) is 0 Å². The van der Waals surface area contributed by atoms with E-state index in [4.69, 9.17) is 4.74 Å². The Morgan fingerprint density at radius 3 is 2.19 bits per heavy atom. The van der Waals surface area contributed by atoms with Crippen molar-refractivity contribution >= 4 is 5.78 Å². The first kappa shape index (κ1) is 15.6. The molecule has 0 rings (SSSR count). The summed E-state index contributed by atoms with van der Waals surface area (Å²) in [6, 6.07) is 0. The number of ketones is 1. The van der Waals surface area contributed by atoms with Crippen molar-refractivity contribution in [3.8, 4) is 0 Å². The summed E-state index contributed by atoms with van der Waals surface area (Å²) in [5, 5.41) is 0. The minimum absolute atomic E-state index is 0.292. The zero-order valence-electron chi connectivity index (χ0n) is 11.5. The van der Waals surface area contributed by atoms with Gasteiger partial charge in [0.25, 0.3) is 0 Å². The number of ether oxygens (including phenoxy) is 1. The second-order valence-electron chi connectivity index (χ2n) is 5.20. The maximum absolute atomic E-state index is 11.6. The van der Waals surface area contributed by atoms with Gasteiger partial charge in [0, 0.05) is 20.0 Å². The quantitative estimate of drug-likeness (QED) is 0.526. The highest BCUT2D eigenvalue weighted by Crippen LogP contribution is 2.16. The Hall–Kier alpha value is -0.370. The molecule has 0 unspecified atom stereocenters. The normalized spacial score (nSPS) is 11.8. The minimum Gasteiger partial charge on any atom is -0.378 e. The van der Waals surface area contributed by atoms with Crippen LogP contribution in [0, 0.1) is 0 Å². The molecule has 0 atom stereocenters. The van der Waals surface area contributed by atoms with Crippen LogP contribution in [0.15, 0.2) is 0 Å². The fourth-order valence-electron chi connectivity index (χ4n) is 1.74. The fourth-order valence-corrected chi connectivity index (χ4v) is 1.74. The van der Waals surface area contributed by atoms with Crippen LogP contribution in [0.1, 0.15) is 72.1 Å². The Bertz CT molecular complexity index is 185. The third kappa shape index (κ3) is 8.90. The van der Waals surface area contributed by atoms with Crippen LogP contribution in [-0.2, 0) is 9.53 Å². The molecule has 0 bridgehead atoms. The second-order valence-corrected chi connectivity index (χ2v) is 5.20. The summed E-state index contributed by atoms with van der Waals surface area (Å²) in [6.45, 7) is 6.15. The maximum atomic E-state index is 11.6. The zero-order valence-corrected chi connectivity index (χ0v) is 11.5. The summed E-state index contributed by atoms with van der Waals surface area (Å²) in [5.74, 6) is 0.336. The SMILES string of the molecule is CCCCCCCCC(=O)CC(C)(C)OC. The number of carbonyl (C=O) groups is 1. The van der Waals surface area contributed by atoms with Gasteiger partial charge < -0.3 is 4.74 Å².